The van der Waals surface area contributed by atoms with Crippen molar-refractivity contribution in [3.05, 3.63) is 41.2 Å². The second-order valence-corrected chi connectivity index (χ2v) is 6.37. The van der Waals surface area contributed by atoms with Gasteiger partial charge in [-0.25, -0.2) is 0 Å². The molecular formula is C20H27NO5. The van der Waals surface area contributed by atoms with E-state index in [0.717, 1.165) is 5.56 Å². The van der Waals surface area contributed by atoms with Crippen LogP contribution in [0.2, 0.25) is 0 Å². The van der Waals surface area contributed by atoms with Crippen LogP contribution in [-0.4, -0.2) is 47.6 Å². The van der Waals surface area contributed by atoms with Crippen LogP contribution in [0.1, 0.15) is 45.7 Å². The topological polar surface area (TPSA) is 76.1 Å². The molecule has 1 aliphatic rings. The molecule has 0 saturated carbocycles. The molecular weight excluding hydrogens is 334 g/mol. The molecule has 1 aromatic rings. The number of amides is 1. The Balaban J connectivity index is 2.40. The van der Waals surface area contributed by atoms with Crippen LogP contribution in [0, 0.1) is 0 Å². The van der Waals surface area contributed by atoms with Gasteiger partial charge in [-0.15, -0.1) is 0 Å². The summed E-state index contributed by atoms with van der Waals surface area (Å²) in [7, 11) is 0. The van der Waals surface area contributed by atoms with Crippen LogP contribution in [0.25, 0.3) is 0 Å². The molecule has 1 atom stereocenters. The van der Waals surface area contributed by atoms with E-state index in [9.17, 15) is 14.7 Å². The van der Waals surface area contributed by atoms with Crippen LogP contribution < -0.4 is 4.74 Å². The Morgan fingerprint density at radius 3 is 2.65 bits per heavy atom. The maximum atomic E-state index is 12.6. The third-order valence-corrected chi connectivity index (χ3v) is 4.19. The molecule has 0 aromatic heterocycles. The average Bonchev–Trinajstić information content (AvgIpc) is 2.86. The Labute approximate surface area is 154 Å². The lowest BCUT2D eigenvalue weighted by atomic mass is 9.95. The van der Waals surface area contributed by atoms with Gasteiger partial charge in [0.15, 0.2) is 11.5 Å². The molecule has 1 aromatic carbocycles. The number of carbonyl (C=O) groups is 2. The van der Waals surface area contributed by atoms with Gasteiger partial charge < -0.3 is 19.5 Å². The zero-order valence-corrected chi connectivity index (χ0v) is 15.8. The monoisotopic (exact) mass is 361 g/mol. The number of carbonyl (C=O) groups excluding carboxylic acids is 2. The first kappa shape index (κ1) is 20.0. The zero-order chi connectivity index (χ0) is 19.3. The molecule has 0 aliphatic carbocycles. The Bertz CT molecular complexity index is 695. The summed E-state index contributed by atoms with van der Waals surface area (Å²) in [6.45, 7) is 8.55. The molecule has 0 saturated heterocycles. The van der Waals surface area contributed by atoms with Crippen molar-refractivity contribution >= 4 is 11.7 Å². The van der Waals surface area contributed by atoms with Gasteiger partial charge in [0.1, 0.15) is 5.75 Å². The molecule has 0 spiro atoms. The van der Waals surface area contributed by atoms with Crippen LogP contribution in [-0.2, 0) is 14.3 Å². The fraction of sp³-hybridized carbons (Fsp3) is 0.500. The SMILES string of the molecule is CCOc1cccc(C2C(C(=O)CC)=C(O)C(=O)N2CCOC(C)C)c1. The Morgan fingerprint density at radius 2 is 2.04 bits per heavy atom. The van der Waals surface area contributed by atoms with E-state index in [2.05, 4.69) is 0 Å². The van der Waals surface area contributed by atoms with Crippen LogP contribution in [0.3, 0.4) is 0 Å². The Kier molecular flexibility index (Phi) is 6.80. The number of hydrogen-bond donors (Lipinski definition) is 1. The first-order chi connectivity index (χ1) is 12.4. The minimum atomic E-state index is -0.633. The van der Waals surface area contributed by atoms with E-state index in [1.54, 1.807) is 13.0 Å². The zero-order valence-electron chi connectivity index (χ0n) is 15.8. The maximum absolute atomic E-state index is 12.6. The first-order valence-electron chi connectivity index (χ1n) is 9.02. The molecule has 1 heterocycles. The fourth-order valence-electron chi connectivity index (χ4n) is 3.03. The van der Waals surface area contributed by atoms with Crippen LogP contribution in [0.4, 0.5) is 0 Å². The largest absolute Gasteiger partial charge is 0.503 e. The van der Waals surface area contributed by atoms with Gasteiger partial charge in [-0.05, 0) is 38.5 Å². The summed E-state index contributed by atoms with van der Waals surface area (Å²) in [4.78, 5) is 26.5. The molecule has 0 bridgehead atoms. The summed E-state index contributed by atoms with van der Waals surface area (Å²) in [6, 6.07) is 6.64. The molecule has 2 rings (SSSR count). The van der Waals surface area contributed by atoms with E-state index >= 15 is 0 Å². The van der Waals surface area contributed by atoms with Crippen molar-refractivity contribution in [1.82, 2.24) is 4.90 Å². The summed E-state index contributed by atoms with van der Waals surface area (Å²) in [5.74, 6) is -0.588. The summed E-state index contributed by atoms with van der Waals surface area (Å²) in [5.41, 5.74) is 0.880. The number of ketones is 1. The van der Waals surface area contributed by atoms with Crippen molar-refractivity contribution in [2.75, 3.05) is 19.8 Å². The second kappa shape index (κ2) is 8.85. The lowest BCUT2D eigenvalue weighted by Gasteiger charge is -2.27. The molecule has 1 N–H and O–H groups in total. The molecule has 1 unspecified atom stereocenters. The number of aliphatic hydroxyl groups excluding tert-OH is 1. The van der Waals surface area contributed by atoms with Gasteiger partial charge >= 0.3 is 0 Å². The van der Waals surface area contributed by atoms with Crippen molar-refractivity contribution in [2.45, 2.75) is 46.3 Å². The van der Waals surface area contributed by atoms with Gasteiger partial charge in [0.2, 0.25) is 0 Å². The van der Waals surface area contributed by atoms with Crippen molar-refractivity contribution in [1.29, 1.82) is 0 Å². The number of benzene rings is 1. The quantitative estimate of drug-likeness (QED) is 0.731. The summed E-state index contributed by atoms with van der Waals surface area (Å²) >= 11 is 0. The van der Waals surface area contributed by atoms with E-state index in [0.29, 0.717) is 19.0 Å². The number of hydrogen-bond acceptors (Lipinski definition) is 5. The third kappa shape index (κ3) is 4.25. The van der Waals surface area contributed by atoms with Gasteiger partial charge in [0, 0.05) is 13.0 Å². The van der Waals surface area contributed by atoms with E-state index in [1.807, 2.05) is 39.0 Å². The highest BCUT2D eigenvalue weighted by Gasteiger charge is 2.42. The number of ether oxygens (including phenoxy) is 2. The van der Waals surface area contributed by atoms with E-state index in [4.69, 9.17) is 9.47 Å². The van der Waals surface area contributed by atoms with Gasteiger partial charge in [-0.3, -0.25) is 9.59 Å². The van der Waals surface area contributed by atoms with Gasteiger partial charge in [0.05, 0.1) is 30.9 Å². The first-order valence-corrected chi connectivity index (χ1v) is 9.02. The molecule has 0 fully saturated rings. The summed E-state index contributed by atoms with van der Waals surface area (Å²) in [5, 5.41) is 10.3. The molecule has 26 heavy (non-hydrogen) atoms. The Morgan fingerprint density at radius 1 is 1.31 bits per heavy atom. The fourth-order valence-corrected chi connectivity index (χ4v) is 3.03. The summed E-state index contributed by atoms with van der Waals surface area (Å²) in [6.07, 6.45) is 0.246. The predicted molar refractivity (Wildman–Crippen MR) is 98.1 cm³/mol. The minimum absolute atomic E-state index is 0.0331. The number of nitrogens with zero attached hydrogens (tertiary/aromatic N) is 1. The van der Waals surface area contributed by atoms with Crippen molar-refractivity contribution in [3.8, 4) is 5.75 Å². The average molecular weight is 361 g/mol. The van der Waals surface area contributed by atoms with E-state index < -0.39 is 17.7 Å². The van der Waals surface area contributed by atoms with Crippen molar-refractivity contribution in [2.24, 2.45) is 0 Å². The smallest absolute Gasteiger partial charge is 0.290 e. The van der Waals surface area contributed by atoms with E-state index in [-0.39, 0.29) is 30.4 Å². The van der Waals surface area contributed by atoms with Gasteiger partial charge in [-0.2, -0.15) is 0 Å². The predicted octanol–water partition coefficient (Wildman–Crippen LogP) is 3.18. The number of Topliss-reactive ketones (excluding diaryl/α,β-unsaturated/α-hetero) is 1. The minimum Gasteiger partial charge on any atom is -0.503 e. The van der Waals surface area contributed by atoms with Gasteiger partial charge in [0.25, 0.3) is 5.91 Å². The van der Waals surface area contributed by atoms with Gasteiger partial charge in [-0.1, -0.05) is 19.1 Å². The van der Waals surface area contributed by atoms with Crippen LogP contribution in [0.15, 0.2) is 35.6 Å². The normalized spacial score (nSPS) is 17.3. The second-order valence-electron chi connectivity index (χ2n) is 6.37. The van der Waals surface area contributed by atoms with Crippen LogP contribution >= 0.6 is 0 Å². The summed E-state index contributed by atoms with van der Waals surface area (Å²) < 4.78 is 11.1. The maximum Gasteiger partial charge on any atom is 0.290 e. The third-order valence-electron chi connectivity index (χ3n) is 4.19. The lowest BCUT2D eigenvalue weighted by Crippen LogP contribution is -2.34. The lowest BCUT2D eigenvalue weighted by molar-refractivity contribution is -0.130. The standard InChI is InChI=1S/C20H27NO5/c1-5-16(22)17-18(14-8-7-9-15(12-14)25-6-2)21(20(24)19(17)23)10-11-26-13(3)4/h7-9,12-13,18,23H,5-6,10-11H2,1-4H3. The van der Waals surface area contributed by atoms with Crippen LogP contribution in [0.5, 0.6) is 5.75 Å². The molecule has 6 nitrogen and oxygen atoms in total. The van der Waals surface area contributed by atoms with E-state index in [1.165, 1.54) is 4.90 Å². The number of aliphatic hydroxyl groups is 1. The molecule has 1 aliphatic heterocycles. The molecule has 1 amide bonds. The van der Waals surface area contributed by atoms with Crippen molar-refractivity contribution < 1.29 is 24.2 Å². The molecule has 142 valence electrons. The number of rotatable bonds is 9. The molecule has 0 radical (unpaired) electrons. The van der Waals surface area contributed by atoms with Crippen molar-refractivity contribution in [3.63, 3.8) is 0 Å². The highest BCUT2D eigenvalue weighted by Crippen LogP contribution is 2.38. The highest BCUT2D eigenvalue weighted by molar-refractivity contribution is 6.08. The highest BCUT2D eigenvalue weighted by atomic mass is 16.5. The Hall–Kier alpha value is -2.34. The molecule has 6 heteroatoms.